The molecular weight excluding hydrogens is 292 g/mol. The van der Waals surface area contributed by atoms with Crippen LogP contribution in [0.15, 0.2) is 24.5 Å². The van der Waals surface area contributed by atoms with Gasteiger partial charge in [0.1, 0.15) is 12.2 Å². The van der Waals surface area contributed by atoms with E-state index in [1.165, 1.54) is 0 Å². The summed E-state index contributed by atoms with van der Waals surface area (Å²) < 4.78 is 1.85. The Morgan fingerprint density at radius 1 is 1.39 bits per heavy atom. The number of nitrogens with zero attached hydrogens (tertiary/aromatic N) is 4. The average molecular weight is 314 g/mol. The highest BCUT2D eigenvalue weighted by atomic mass is 16.2. The van der Waals surface area contributed by atoms with Crippen LogP contribution in [0.2, 0.25) is 0 Å². The second-order valence-electron chi connectivity index (χ2n) is 6.04. The monoisotopic (exact) mass is 314 g/mol. The number of fused-ring (bicyclic) bond motifs is 1. The van der Waals surface area contributed by atoms with Crippen LogP contribution in [0.1, 0.15) is 17.8 Å². The van der Waals surface area contributed by atoms with Crippen LogP contribution in [0.25, 0.3) is 0 Å². The average Bonchev–Trinajstić information content (AvgIpc) is 2.96. The zero-order valence-corrected chi connectivity index (χ0v) is 13.7. The van der Waals surface area contributed by atoms with Gasteiger partial charge in [-0.25, -0.2) is 14.5 Å². The Bertz CT molecular complexity index is 708. The maximum Gasteiger partial charge on any atom is 0.319 e. The van der Waals surface area contributed by atoms with E-state index in [0.717, 1.165) is 35.6 Å². The van der Waals surface area contributed by atoms with Crippen molar-refractivity contribution >= 4 is 17.4 Å². The first kappa shape index (κ1) is 15.3. The summed E-state index contributed by atoms with van der Waals surface area (Å²) in [5, 5.41) is 10.1. The number of hydrogen-bond acceptors (Lipinski definition) is 4. The van der Waals surface area contributed by atoms with Gasteiger partial charge in [0.2, 0.25) is 0 Å². The van der Waals surface area contributed by atoms with Gasteiger partial charge in [-0.05, 0) is 31.0 Å². The van der Waals surface area contributed by atoms with Crippen LogP contribution in [-0.4, -0.2) is 40.9 Å². The minimum Gasteiger partial charge on any atom is -0.377 e. The SMILES string of the molecule is Cc1c(NC(=O)N[C@H]2CCc3ncnn3C2)cccc1N(C)C. The van der Waals surface area contributed by atoms with Crippen molar-refractivity contribution < 1.29 is 4.79 Å². The molecule has 1 aromatic carbocycles. The minimum absolute atomic E-state index is 0.0709. The largest absolute Gasteiger partial charge is 0.377 e. The Balaban J connectivity index is 1.63. The Hall–Kier alpha value is -2.57. The lowest BCUT2D eigenvalue weighted by molar-refractivity contribution is 0.243. The molecular formula is C16H22N6O. The van der Waals surface area contributed by atoms with E-state index >= 15 is 0 Å². The molecule has 0 aliphatic carbocycles. The number of carbonyl (C=O) groups is 1. The van der Waals surface area contributed by atoms with Crippen molar-refractivity contribution in [3.8, 4) is 0 Å². The van der Waals surface area contributed by atoms with Gasteiger partial charge >= 0.3 is 6.03 Å². The second kappa shape index (κ2) is 6.28. The smallest absolute Gasteiger partial charge is 0.319 e. The molecule has 2 amide bonds. The van der Waals surface area contributed by atoms with Crippen LogP contribution in [0.4, 0.5) is 16.2 Å². The quantitative estimate of drug-likeness (QED) is 0.906. The molecule has 0 fully saturated rings. The number of benzene rings is 1. The number of amides is 2. The van der Waals surface area contributed by atoms with E-state index in [-0.39, 0.29) is 12.1 Å². The Kier molecular flexibility index (Phi) is 4.18. The highest BCUT2D eigenvalue weighted by Gasteiger charge is 2.21. The fourth-order valence-electron chi connectivity index (χ4n) is 2.94. The van der Waals surface area contributed by atoms with Crippen molar-refractivity contribution in [3.05, 3.63) is 35.9 Å². The number of carbonyl (C=O) groups excluding carboxylic acids is 1. The van der Waals surface area contributed by atoms with E-state index < -0.39 is 0 Å². The summed E-state index contributed by atoms with van der Waals surface area (Å²) in [5.41, 5.74) is 2.97. The van der Waals surface area contributed by atoms with Gasteiger partial charge in [-0.15, -0.1) is 0 Å². The maximum atomic E-state index is 12.3. The van der Waals surface area contributed by atoms with Crippen molar-refractivity contribution in [2.24, 2.45) is 0 Å². The van der Waals surface area contributed by atoms with Crippen LogP contribution in [0.5, 0.6) is 0 Å². The lowest BCUT2D eigenvalue weighted by Gasteiger charge is -2.24. The molecule has 0 saturated carbocycles. The summed E-state index contributed by atoms with van der Waals surface area (Å²) in [7, 11) is 3.98. The van der Waals surface area contributed by atoms with E-state index in [4.69, 9.17) is 0 Å². The first-order valence-corrected chi connectivity index (χ1v) is 7.75. The lowest BCUT2D eigenvalue weighted by atomic mass is 10.1. The molecule has 1 aliphatic rings. The molecule has 2 N–H and O–H groups in total. The van der Waals surface area contributed by atoms with Crippen LogP contribution < -0.4 is 15.5 Å². The Labute approximate surface area is 135 Å². The van der Waals surface area contributed by atoms with Gasteiger partial charge in [0.25, 0.3) is 0 Å². The van der Waals surface area contributed by atoms with Gasteiger partial charge in [-0.1, -0.05) is 6.07 Å². The van der Waals surface area contributed by atoms with E-state index in [1.807, 2.05) is 48.8 Å². The summed E-state index contributed by atoms with van der Waals surface area (Å²) in [6.07, 6.45) is 3.27. The topological polar surface area (TPSA) is 75.1 Å². The summed E-state index contributed by atoms with van der Waals surface area (Å²) in [4.78, 5) is 18.5. The van der Waals surface area contributed by atoms with Gasteiger partial charge in [0, 0.05) is 31.9 Å². The van der Waals surface area contributed by atoms with Gasteiger partial charge < -0.3 is 15.5 Å². The lowest BCUT2D eigenvalue weighted by Crippen LogP contribution is -2.43. The zero-order chi connectivity index (χ0) is 16.4. The maximum absolute atomic E-state index is 12.3. The highest BCUT2D eigenvalue weighted by Crippen LogP contribution is 2.25. The molecule has 2 aromatic rings. The molecule has 1 aliphatic heterocycles. The first-order chi connectivity index (χ1) is 11.0. The molecule has 7 heteroatoms. The van der Waals surface area contributed by atoms with E-state index in [9.17, 15) is 4.79 Å². The summed E-state index contributed by atoms with van der Waals surface area (Å²) in [6, 6.07) is 5.78. The van der Waals surface area contributed by atoms with Crippen LogP contribution in [0.3, 0.4) is 0 Å². The van der Waals surface area contributed by atoms with Crippen molar-refractivity contribution in [1.82, 2.24) is 20.1 Å². The number of hydrogen-bond donors (Lipinski definition) is 2. The summed E-state index contributed by atoms with van der Waals surface area (Å²) in [5.74, 6) is 0.984. The third-order valence-corrected chi connectivity index (χ3v) is 4.18. The van der Waals surface area contributed by atoms with E-state index in [2.05, 4.69) is 20.7 Å². The molecule has 0 spiro atoms. The van der Waals surface area contributed by atoms with Crippen molar-refractivity contribution in [3.63, 3.8) is 0 Å². The van der Waals surface area contributed by atoms with Gasteiger partial charge in [0.05, 0.1) is 12.6 Å². The summed E-state index contributed by atoms with van der Waals surface area (Å²) >= 11 is 0. The molecule has 1 aromatic heterocycles. The van der Waals surface area contributed by atoms with E-state index in [0.29, 0.717) is 6.54 Å². The molecule has 122 valence electrons. The third-order valence-electron chi connectivity index (χ3n) is 4.18. The van der Waals surface area contributed by atoms with Gasteiger partial charge in [-0.2, -0.15) is 5.10 Å². The molecule has 3 rings (SSSR count). The molecule has 7 nitrogen and oxygen atoms in total. The Morgan fingerprint density at radius 3 is 3.00 bits per heavy atom. The molecule has 0 saturated heterocycles. The van der Waals surface area contributed by atoms with Crippen molar-refractivity contribution in [2.45, 2.75) is 32.4 Å². The van der Waals surface area contributed by atoms with Crippen LogP contribution in [0, 0.1) is 6.92 Å². The summed E-state index contributed by atoms with van der Waals surface area (Å²) in [6.45, 7) is 2.67. The predicted octanol–water partition coefficient (Wildman–Crippen LogP) is 1.79. The minimum atomic E-state index is -0.183. The molecule has 2 heterocycles. The number of anilines is 2. The molecule has 23 heavy (non-hydrogen) atoms. The number of nitrogens with one attached hydrogen (secondary N) is 2. The van der Waals surface area contributed by atoms with Gasteiger partial charge in [0.15, 0.2) is 0 Å². The predicted molar refractivity (Wildman–Crippen MR) is 89.8 cm³/mol. The zero-order valence-electron chi connectivity index (χ0n) is 13.7. The van der Waals surface area contributed by atoms with Crippen LogP contribution >= 0.6 is 0 Å². The van der Waals surface area contributed by atoms with Crippen LogP contribution in [-0.2, 0) is 13.0 Å². The second-order valence-corrected chi connectivity index (χ2v) is 6.04. The number of aryl methyl sites for hydroxylation is 1. The number of aromatic nitrogens is 3. The van der Waals surface area contributed by atoms with Crippen molar-refractivity contribution in [1.29, 1.82) is 0 Å². The van der Waals surface area contributed by atoms with E-state index in [1.54, 1.807) is 6.33 Å². The molecule has 0 radical (unpaired) electrons. The standard InChI is InChI=1S/C16H22N6O/c1-11-13(5-4-6-14(11)21(2)3)20-16(23)19-12-7-8-15-17-10-18-22(15)9-12/h4-6,10,12H,7-9H2,1-3H3,(H2,19,20,23)/t12-/m0/s1. The number of rotatable bonds is 3. The van der Waals surface area contributed by atoms with Gasteiger partial charge in [-0.3, -0.25) is 0 Å². The molecule has 1 atom stereocenters. The number of urea groups is 1. The fourth-order valence-corrected chi connectivity index (χ4v) is 2.94. The highest BCUT2D eigenvalue weighted by molar-refractivity contribution is 5.91. The van der Waals surface area contributed by atoms with Crippen molar-refractivity contribution in [2.75, 3.05) is 24.3 Å². The Morgan fingerprint density at radius 2 is 2.22 bits per heavy atom. The third kappa shape index (κ3) is 3.28. The molecule has 0 unspecified atom stereocenters. The first-order valence-electron chi connectivity index (χ1n) is 7.75. The fraction of sp³-hybridized carbons (Fsp3) is 0.438. The molecule has 0 bridgehead atoms. The normalized spacial score (nSPS) is 16.6.